The normalized spacial score (nSPS) is 9.50. The van der Waals surface area contributed by atoms with Crippen LogP contribution in [0.1, 0.15) is 0 Å². The fourth-order valence-electron chi connectivity index (χ4n) is 0.986. The van der Waals surface area contributed by atoms with Crippen LogP contribution in [0.5, 0.6) is 11.5 Å². The lowest BCUT2D eigenvalue weighted by Crippen LogP contribution is -2.22. The topological polar surface area (TPSA) is 105 Å². The third-order valence-electron chi connectivity index (χ3n) is 1.59. The van der Waals surface area contributed by atoms with Crippen molar-refractivity contribution in [2.24, 2.45) is 11.5 Å². The van der Waals surface area contributed by atoms with E-state index in [0.29, 0.717) is 11.5 Å². The average molecular weight is 224 g/mol. The van der Waals surface area contributed by atoms with E-state index in [-0.39, 0.29) is 13.2 Å². The molecule has 0 aliphatic carbocycles. The summed E-state index contributed by atoms with van der Waals surface area (Å²) in [5, 5.41) is 0. The van der Waals surface area contributed by atoms with Crippen LogP contribution in [0, 0.1) is 0 Å². The summed E-state index contributed by atoms with van der Waals surface area (Å²) in [6.07, 6.45) is 0. The molecule has 0 heterocycles. The van der Waals surface area contributed by atoms with E-state index in [2.05, 4.69) is 0 Å². The largest absolute Gasteiger partial charge is 0.480 e. The van der Waals surface area contributed by atoms with Crippen LogP contribution in [0.15, 0.2) is 24.3 Å². The maximum Gasteiger partial charge on any atom is 0.255 e. The van der Waals surface area contributed by atoms with Crippen LogP contribution in [0.3, 0.4) is 0 Å². The molecule has 0 spiro atoms. The molecule has 0 saturated heterocycles. The van der Waals surface area contributed by atoms with E-state index in [1.54, 1.807) is 24.3 Å². The molecule has 1 rings (SSSR count). The molecule has 0 aromatic heterocycles. The Morgan fingerprint density at radius 2 is 1.31 bits per heavy atom. The molecule has 0 aliphatic heterocycles. The predicted molar refractivity (Wildman–Crippen MR) is 55.8 cm³/mol. The van der Waals surface area contributed by atoms with Crippen LogP contribution in [0.4, 0.5) is 0 Å². The van der Waals surface area contributed by atoms with Crippen molar-refractivity contribution in [1.82, 2.24) is 0 Å². The number of carbonyl (C=O) groups excluding carboxylic acids is 2. The summed E-state index contributed by atoms with van der Waals surface area (Å²) in [4.78, 5) is 21.1. The summed E-state index contributed by atoms with van der Waals surface area (Å²) < 4.78 is 10.2. The zero-order chi connectivity index (χ0) is 12.0. The summed E-state index contributed by atoms with van der Waals surface area (Å²) in [6.45, 7) is -0.506. The molecule has 6 nitrogen and oxygen atoms in total. The van der Waals surface area contributed by atoms with Crippen molar-refractivity contribution in [3.05, 3.63) is 24.3 Å². The van der Waals surface area contributed by atoms with E-state index in [0.717, 1.165) is 0 Å². The second-order valence-electron chi connectivity index (χ2n) is 2.96. The van der Waals surface area contributed by atoms with Gasteiger partial charge in [0, 0.05) is 0 Å². The molecule has 4 N–H and O–H groups in total. The number of hydrogen-bond acceptors (Lipinski definition) is 4. The van der Waals surface area contributed by atoms with Gasteiger partial charge in [-0.3, -0.25) is 9.59 Å². The molecular formula is C10H12N2O4. The van der Waals surface area contributed by atoms with Crippen LogP contribution in [0.2, 0.25) is 0 Å². The maximum absolute atomic E-state index is 10.5. The third-order valence-corrected chi connectivity index (χ3v) is 1.59. The molecule has 0 aliphatic rings. The number of amides is 2. The first-order chi connectivity index (χ1) is 7.59. The highest BCUT2D eigenvalue weighted by Gasteiger charge is 2.06. The summed E-state index contributed by atoms with van der Waals surface area (Å²) in [5.74, 6) is -0.514. The van der Waals surface area contributed by atoms with Gasteiger partial charge in [0.1, 0.15) is 0 Å². The third kappa shape index (κ3) is 3.87. The van der Waals surface area contributed by atoms with Gasteiger partial charge in [-0.05, 0) is 12.1 Å². The minimum absolute atomic E-state index is 0.253. The Labute approximate surface area is 92.1 Å². The van der Waals surface area contributed by atoms with Gasteiger partial charge in [0.25, 0.3) is 11.8 Å². The highest BCUT2D eigenvalue weighted by Crippen LogP contribution is 2.25. The minimum atomic E-state index is -0.593. The number of primary amides is 2. The number of para-hydroxylation sites is 2. The van der Waals surface area contributed by atoms with E-state index >= 15 is 0 Å². The first-order valence-corrected chi connectivity index (χ1v) is 4.51. The maximum atomic E-state index is 10.5. The number of benzene rings is 1. The van der Waals surface area contributed by atoms with Crippen molar-refractivity contribution in [3.8, 4) is 11.5 Å². The summed E-state index contributed by atoms with van der Waals surface area (Å²) in [7, 11) is 0. The van der Waals surface area contributed by atoms with Crippen molar-refractivity contribution < 1.29 is 19.1 Å². The summed E-state index contributed by atoms with van der Waals surface area (Å²) in [5.41, 5.74) is 9.87. The van der Waals surface area contributed by atoms with E-state index in [1.165, 1.54) is 0 Å². The lowest BCUT2D eigenvalue weighted by atomic mass is 10.3. The van der Waals surface area contributed by atoms with Gasteiger partial charge in [0.15, 0.2) is 24.7 Å². The van der Waals surface area contributed by atoms with Gasteiger partial charge in [-0.2, -0.15) is 0 Å². The predicted octanol–water partition coefficient (Wildman–Crippen LogP) is -0.585. The van der Waals surface area contributed by atoms with E-state index in [1.807, 2.05) is 0 Å². The molecule has 1 aromatic rings. The van der Waals surface area contributed by atoms with E-state index in [9.17, 15) is 9.59 Å². The molecule has 0 radical (unpaired) electrons. The zero-order valence-electron chi connectivity index (χ0n) is 8.51. The highest BCUT2D eigenvalue weighted by atomic mass is 16.5. The van der Waals surface area contributed by atoms with Gasteiger partial charge in [0.05, 0.1) is 0 Å². The number of hydrogen-bond donors (Lipinski definition) is 2. The molecule has 0 unspecified atom stereocenters. The van der Waals surface area contributed by atoms with Crippen LogP contribution in [0.25, 0.3) is 0 Å². The molecular weight excluding hydrogens is 212 g/mol. The van der Waals surface area contributed by atoms with Crippen LogP contribution < -0.4 is 20.9 Å². The number of nitrogens with two attached hydrogens (primary N) is 2. The Morgan fingerprint density at radius 3 is 1.62 bits per heavy atom. The van der Waals surface area contributed by atoms with Gasteiger partial charge in [0.2, 0.25) is 0 Å². The molecule has 6 heteroatoms. The lowest BCUT2D eigenvalue weighted by Gasteiger charge is -2.10. The fraction of sp³-hybridized carbons (Fsp3) is 0.200. The van der Waals surface area contributed by atoms with Crippen molar-refractivity contribution in [2.75, 3.05) is 13.2 Å². The van der Waals surface area contributed by atoms with Gasteiger partial charge < -0.3 is 20.9 Å². The minimum Gasteiger partial charge on any atom is -0.480 e. The molecule has 1 aromatic carbocycles. The van der Waals surface area contributed by atoms with Gasteiger partial charge in [-0.1, -0.05) is 12.1 Å². The molecule has 2 amide bonds. The highest BCUT2D eigenvalue weighted by molar-refractivity contribution is 5.76. The second-order valence-corrected chi connectivity index (χ2v) is 2.96. The SMILES string of the molecule is NC(=O)COc1ccccc1OCC(N)=O. The standard InChI is InChI=1S/C10H12N2O4/c11-9(13)5-15-7-3-1-2-4-8(7)16-6-10(12)14/h1-4H,5-6H2,(H2,11,13)(H2,12,14). The smallest absolute Gasteiger partial charge is 0.255 e. The number of rotatable bonds is 6. The lowest BCUT2D eigenvalue weighted by molar-refractivity contribution is -0.121. The molecule has 0 atom stereocenters. The van der Waals surface area contributed by atoms with Crippen LogP contribution in [-0.4, -0.2) is 25.0 Å². The molecule has 0 bridgehead atoms. The van der Waals surface area contributed by atoms with Gasteiger partial charge >= 0.3 is 0 Å². The fourth-order valence-corrected chi connectivity index (χ4v) is 0.986. The van der Waals surface area contributed by atoms with E-state index < -0.39 is 11.8 Å². The molecule has 16 heavy (non-hydrogen) atoms. The number of carbonyl (C=O) groups is 2. The molecule has 0 saturated carbocycles. The first kappa shape index (κ1) is 11.8. The second kappa shape index (κ2) is 5.59. The first-order valence-electron chi connectivity index (χ1n) is 4.51. The van der Waals surface area contributed by atoms with Crippen LogP contribution >= 0.6 is 0 Å². The van der Waals surface area contributed by atoms with Crippen LogP contribution in [-0.2, 0) is 9.59 Å². The Bertz CT molecular complexity index is 355. The Hall–Kier alpha value is -2.24. The Kier molecular flexibility index (Phi) is 4.14. The number of ether oxygens (including phenoxy) is 2. The molecule has 0 fully saturated rings. The quantitative estimate of drug-likeness (QED) is 0.674. The monoisotopic (exact) mass is 224 g/mol. The summed E-state index contributed by atoms with van der Waals surface area (Å²) in [6, 6.07) is 6.60. The van der Waals surface area contributed by atoms with Crippen molar-refractivity contribution in [2.45, 2.75) is 0 Å². The van der Waals surface area contributed by atoms with Gasteiger partial charge in [-0.25, -0.2) is 0 Å². The van der Waals surface area contributed by atoms with Crippen molar-refractivity contribution in [3.63, 3.8) is 0 Å². The van der Waals surface area contributed by atoms with Gasteiger partial charge in [-0.15, -0.1) is 0 Å². The van der Waals surface area contributed by atoms with E-state index in [4.69, 9.17) is 20.9 Å². The Balaban J connectivity index is 2.67. The van der Waals surface area contributed by atoms with Crippen molar-refractivity contribution >= 4 is 11.8 Å². The zero-order valence-corrected chi connectivity index (χ0v) is 8.51. The molecule has 86 valence electrons. The average Bonchev–Trinajstić information content (AvgIpc) is 2.24. The van der Waals surface area contributed by atoms with Crippen molar-refractivity contribution in [1.29, 1.82) is 0 Å². The Morgan fingerprint density at radius 1 is 0.938 bits per heavy atom. The summed E-state index contributed by atoms with van der Waals surface area (Å²) >= 11 is 0.